The highest BCUT2D eigenvalue weighted by Crippen LogP contribution is 2.15. The van der Waals surface area contributed by atoms with Gasteiger partial charge in [0.1, 0.15) is 0 Å². The number of nitrogens with one attached hydrogen (secondary N) is 2. The van der Waals surface area contributed by atoms with E-state index in [1.165, 1.54) is 0 Å². The van der Waals surface area contributed by atoms with E-state index in [0.29, 0.717) is 17.1 Å². The molecule has 100 valence electrons. The summed E-state index contributed by atoms with van der Waals surface area (Å²) in [4.78, 5) is 23.4. The van der Waals surface area contributed by atoms with Gasteiger partial charge in [-0.25, -0.2) is 0 Å². The predicted molar refractivity (Wildman–Crippen MR) is 76.5 cm³/mol. The Hall–Kier alpha value is -2.40. The quantitative estimate of drug-likeness (QED) is 0.777. The molecule has 20 heavy (non-hydrogen) atoms. The molecule has 2 N–H and O–H groups in total. The fourth-order valence-corrected chi connectivity index (χ4v) is 2.05. The molecule has 0 aliphatic heterocycles. The Morgan fingerprint density at radius 3 is 2.95 bits per heavy atom. The second-order valence-electron chi connectivity index (χ2n) is 4.28. The molecular formula is C14H11ClN4O. The van der Waals surface area contributed by atoms with Gasteiger partial charge in [0.25, 0.3) is 5.91 Å². The van der Waals surface area contributed by atoms with E-state index in [1.807, 2.05) is 6.07 Å². The minimum absolute atomic E-state index is 0.181. The Bertz CT molecular complexity index is 751. The zero-order chi connectivity index (χ0) is 13.9. The number of hydrogen-bond acceptors (Lipinski definition) is 3. The first kappa shape index (κ1) is 12.6. The fraction of sp³-hybridized carbons (Fsp3) is 0.0714. The van der Waals surface area contributed by atoms with Gasteiger partial charge in [-0.1, -0.05) is 11.6 Å². The van der Waals surface area contributed by atoms with Crippen molar-refractivity contribution < 1.29 is 4.79 Å². The Labute approximate surface area is 120 Å². The number of rotatable bonds is 3. The van der Waals surface area contributed by atoms with Gasteiger partial charge in [-0.15, -0.1) is 0 Å². The molecule has 5 nitrogen and oxygen atoms in total. The van der Waals surface area contributed by atoms with E-state index in [-0.39, 0.29) is 5.91 Å². The predicted octanol–water partition coefficient (Wildman–Crippen LogP) is 2.54. The molecule has 0 aliphatic carbocycles. The van der Waals surface area contributed by atoms with Crippen LogP contribution in [0.5, 0.6) is 0 Å². The fourth-order valence-electron chi connectivity index (χ4n) is 1.94. The lowest BCUT2D eigenvalue weighted by atomic mass is 10.2. The third kappa shape index (κ3) is 2.48. The molecule has 0 atom stereocenters. The van der Waals surface area contributed by atoms with E-state index in [9.17, 15) is 4.79 Å². The smallest absolute Gasteiger partial charge is 0.253 e. The number of H-pyrrole nitrogens is 1. The van der Waals surface area contributed by atoms with Crippen LogP contribution in [0.2, 0.25) is 5.02 Å². The Morgan fingerprint density at radius 2 is 2.15 bits per heavy atom. The second-order valence-corrected chi connectivity index (χ2v) is 4.71. The van der Waals surface area contributed by atoms with Crippen LogP contribution in [0.1, 0.15) is 16.1 Å². The molecule has 3 rings (SSSR count). The van der Waals surface area contributed by atoms with Crippen molar-refractivity contribution in [3.05, 3.63) is 59.3 Å². The van der Waals surface area contributed by atoms with Crippen LogP contribution in [0, 0.1) is 0 Å². The molecule has 0 unspecified atom stereocenters. The first-order valence-electron chi connectivity index (χ1n) is 6.04. The monoisotopic (exact) mass is 286 g/mol. The minimum Gasteiger partial charge on any atom is -0.360 e. The number of carbonyl (C=O) groups excluding carboxylic acids is 1. The maximum Gasteiger partial charge on any atom is 0.253 e. The van der Waals surface area contributed by atoms with E-state index in [4.69, 9.17) is 11.6 Å². The standard InChI is InChI=1S/C14H11ClN4O/c15-9-1-2-10(18-5-9)6-19-14(20)12-7-16-8-13-11(12)3-4-17-13/h1-5,7-8,17H,6H2,(H,19,20). The van der Waals surface area contributed by atoms with Gasteiger partial charge in [0.2, 0.25) is 0 Å². The third-order valence-corrected chi connectivity index (χ3v) is 3.16. The normalized spacial score (nSPS) is 10.7. The molecule has 0 saturated carbocycles. The highest BCUT2D eigenvalue weighted by molar-refractivity contribution is 6.30. The van der Waals surface area contributed by atoms with Crippen LogP contribution in [0.3, 0.4) is 0 Å². The molecular weight excluding hydrogens is 276 g/mol. The molecule has 0 fully saturated rings. The van der Waals surface area contributed by atoms with Crippen molar-refractivity contribution in [3.63, 3.8) is 0 Å². The number of halogens is 1. The molecule has 0 saturated heterocycles. The largest absolute Gasteiger partial charge is 0.360 e. The molecule has 0 bridgehead atoms. The van der Waals surface area contributed by atoms with Gasteiger partial charge >= 0.3 is 0 Å². The van der Waals surface area contributed by atoms with Crippen molar-refractivity contribution >= 4 is 28.4 Å². The first-order chi connectivity index (χ1) is 9.74. The summed E-state index contributed by atoms with van der Waals surface area (Å²) < 4.78 is 0. The topological polar surface area (TPSA) is 70.7 Å². The lowest BCUT2D eigenvalue weighted by Crippen LogP contribution is -2.23. The van der Waals surface area contributed by atoms with Crippen molar-refractivity contribution in [2.45, 2.75) is 6.54 Å². The van der Waals surface area contributed by atoms with Crippen LogP contribution in [0.4, 0.5) is 0 Å². The Balaban J connectivity index is 1.76. The van der Waals surface area contributed by atoms with E-state index in [2.05, 4.69) is 20.3 Å². The van der Waals surface area contributed by atoms with Gasteiger partial charge in [0.05, 0.1) is 34.5 Å². The SMILES string of the molecule is O=C(NCc1ccc(Cl)cn1)c1cncc2[nH]ccc12. The van der Waals surface area contributed by atoms with Crippen molar-refractivity contribution in [1.29, 1.82) is 0 Å². The molecule has 3 aromatic heterocycles. The molecule has 3 heterocycles. The van der Waals surface area contributed by atoms with Crippen molar-refractivity contribution in [2.75, 3.05) is 0 Å². The number of fused-ring (bicyclic) bond motifs is 1. The highest BCUT2D eigenvalue weighted by atomic mass is 35.5. The number of carbonyl (C=O) groups is 1. The summed E-state index contributed by atoms with van der Waals surface area (Å²) in [6, 6.07) is 5.37. The lowest BCUT2D eigenvalue weighted by molar-refractivity contribution is 0.0952. The van der Waals surface area contributed by atoms with Crippen LogP contribution < -0.4 is 5.32 Å². The van der Waals surface area contributed by atoms with Gasteiger partial charge in [0, 0.05) is 24.0 Å². The van der Waals surface area contributed by atoms with E-state index >= 15 is 0 Å². The Kier molecular flexibility index (Phi) is 3.35. The summed E-state index contributed by atoms with van der Waals surface area (Å²) in [7, 11) is 0. The molecule has 0 aromatic carbocycles. The minimum atomic E-state index is -0.181. The van der Waals surface area contributed by atoms with Gasteiger partial charge in [-0.3, -0.25) is 14.8 Å². The zero-order valence-corrected chi connectivity index (χ0v) is 11.2. The summed E-state index contributed by atoms with van der Waals surface area (Å²) in [5, 5.41) is 4.24. The van der Waals surface area contributed by atoms with E-state index in [0.717, 1.165) is 16.6 Å². The first-order valence-corrected chi connectivity index (χ1v) is 6.41. The average molecular weight is 287 g/mol. The number of aromatic amines is 1. The number of pyridine rings is 2. The number of hydrogen-bond donors (Lipinski definition) is 2. The average Bonchev–Trinajstić information content (AvgIpc) is 2.94. The van der Waals surface area contributed by atoms with Crippen molar-refractivity contribution in [3.8, 4) is 0 Å². The van der Waals surface area contributed by atoms with Crippen LogP contribution in [0.25, 0.3) is 10.9 Å². The molecule has 1 amide bonds. The molecule has 3 aromatic rings. The van der Waals surface area contributed by atoms with Crippen LogP contribution in [-0.4, -0.2) is 20.9 Å². The summed E-state index contributed by atoms with van der Waals surface area (Å²) in [6.07, 6.45) is 6.58. The maximum absolute atomic E-state index is 12.2. The van der Waals surface area contributed by atoms with Crippen LogP contribution >= 0.6 is 11.6 Å². The summed E-state index contributed by atoms with van der Waals surface area (Å²) >= 11 is 5.76. The van der Waals surface area contributed by atoms with Gasteiger partial charge in [0.15, 0.2) is 0 Å². The van der Waals surface area contributed by atoms with Crippen LogP contribution in [-0.2, 0) is 6.54 Å². The second kappa shape index (κ2) is 5.30. The number of nitrogens with zero attached hydrogens (tertiary/aromatic N) is 2. The van der Waals surface area contributed by atoms with Gasteiger partial charge in [-0.05, 0) is 18.2 Å². The van der Waals surface area contributed by atoms with Crippen molar-refractivity contribution in [2.24, 2.45) is 0 Å². The van der Waals surface area contributed by atoms with Gasteiger partial charge < -0.3 is 10.3 Å². The van der Waals surface area contributed by atoms with E-state index < -0.39 is 0 Å². The number of amides is 1. The summed E-state index contributed by atoms with van der Waals surface area (Å²) in [6.45, 7) is 0.344. The lowest BCUT2D eigenvalue weighted by Gasteiger charge is -2.05. The summed E-state index contributed by atoms with van der Waals surface area (Å²) in [5.74, 6) is -0.181. The van der Waals surface area contributed by atoms with Crippen LogP contribution in [0.15, 0.2) is 43.0 Å². The molecule has 0 radical (unpaired) electrons. The third-order valence-electron chi connectivity index (χ3n) is 2.94. The van der Waals surface area contributed by atoms with Gasteiger partial charge in [-0.2, -0.15) is 0 Å². The number of aromatic nitrogens is 3. The van der Waals surface area contributed by atoms with E-state index in [1.54, 1.807) is 36.9 Å². The maximum atomic E-state index is 12.2. The molecule has 6 heteroatoms. The zero-order valence-electron chi connectivity index (χ0n) is 10.4. The molecule has 0 aliphatic rings. The molecule has 0 spiro atoms. The van der Waals surface area contributed by atoms with Crippen molar-refractivity contribution in [1.82, 2.24) is 20.3 Å². The highest BCUT2D eigenvalue weighted by Gasteiger charge is 2.11. The Morgan fingerprint density at radius 1 is 1.25 bits per heavy atom. The summed E-state index contributed by atoms with van der Waals surface area (Å²) in [5.41, 5.74) is 2.12.